The van der Waals surface area contributed by atoms with Gasteiger partial charge in [0.05, 0.1) is 28.0 Å². The minimum atomic E-state index is -3.66. The summed E-state index contributed by atoms with van der Waals surface area (Å²) in [7, 11) is -3.66. The van der Waals surface area contributed by atoms with Gasteiger partial charge in [-0.2, -0.15) is 5.10 Å². The van der Waals surface area contributed by atoms with Crippen LogP contribution < -0.4 is 10.0 Å². The van der Waals surface area contributed by atoms with Gasteiger partial charge in [-0.25, -0.2) is 17.8 Å². The summed E-state index contributed by atoms with van der Waals surface area (Å²) < 4.78 is 29.5. The maximum absolute atomic E-state index is 12.8. The molecule has 0 fully saturated rings. The Kier molecular flexibility index (Phi) is 7.38. The molecule has 0 atom stereocenters. The van der Waals surface area contributed by atoms with Gasteiger partial charge in [0.2, 0.25) is 10.0 Å². The van der Waals surface area contributed by atoms with Crippen molar-refractivity contribution in [2.24, 2.45) is 0 Å². The summed E-state index contributed by atoms with van der Waals surface area (Å²) in [4.78, 5) is 13.0. The Morgan fingerprint density at radius 3 is 2.44 bits per heavy atom. The van der Waals surface area contributed by atoms with Crippen molar-refractivity contribution in [3.8, 4) is 5.69 Å². The first-order valence-corrected chi connectivity index (χ1v) is 12.1. The monoisotopic (exact) mass is 474 g/mol. The van der Waals surface area contributed by atoms with E-state index in [2.05, 4.69) is 15.1 Å². The van der Waals surface area contributed by atoms with E-state index in [1.54, 1.807) is 35.9 Å². The second-order valence-electron chi connectivity index (χ2n) is 7.91. The lowest BCUT2D eigenvalue weighted by Crippen LogP contribution is -2.35. The molecule has 1 heterocycles. The molecule has 0 unspecified atom stereocenters. The Morgan fingerprint density at radius 2 is 1.78 bits per heavy atom. The van der Waals surface area contributed by atoms with Crippen LogP contribution in [0.15, 0.2) is 53.6 Å². The van der Waals surface area contributed by atoms with Crippen LogP contribution in [0.25, 0.3) is 5.69 Å². The van der Waals surface area contributed by atoms with Crippen LogP contribution >= 0.6 is 11.6 Å². The maximum Gasteiger partial charge on any atom is 0.254 e. The van der Waals surface area contributed by atoms with E-state index < -0.39 is 10.0 Å². The zero-order valence-electron chi connectivity index (χ0n) is 18.5. The lowest BCUT2D eigenvalue weighted by Gasteiger charge is -2.13. The van der Waals surface area contributed by atoms with Crippen LogP contribution in [-0.4, -0.2) is 37.2 Å². The zero-order chi connectivity index (χ0) is 23.5. The predicted octanol–water partition coefficient (Wildman–Crippen LogP) is 3.97. The number of rotatable bonds is 8. The van der Waals surface area contributed by atoms with Crippen molar-refractivity contribution in [2.75, 3.05) is 13.1 Å². The molecule has 3 aromatic rings. The van der Waals surface area contributed by atoms with Crippen molar-refractivity contribution in [2.45, 2.75) is 38.5 Å². The molecule has 3 rings (SSSR count). The summed E-state index contributed by atoms with van der Waals surface area (Å²) in [6.07, 6.45) is 1.53. The normalized spacial score (nSPS) is 11.7. The van der Waals surface area contributed by atoms with Crippen molar-refractivity contribution >= 4 is 27.5 Å². The highest BCUT2D eigenvalue weighted by Gasteiger charge is 2.21. The summed E-state index contributed by atoms with van der Waals surface area (Å²) in [5.41, 5.74) is 3.55. The van der Waals surface area contributed by atoms with E-state index in [1.807, 2.05) is 39.0 Å². The molecule has 2 aromatic carbocycles. The summed E-state index contributed by atoms with van der Waals surface area (Å²) in [5, 5.41) is 7.78. The van der Waals surface area contributed by atoms with Gasteiger partial charge in [-0.3, -0.25) is 4.79 Å². The second kappa shape index (κ2) is 9.85. The van der Waals surface area contributed by atoms with Gasteiger partial charge >= 0.3 is 0 Å². The lowest BCUT2D eigenvalue weighted by atomic mass is 10.1. The van der Waals surface area contributed by atoms with Crippen LogP contribution in [0.2, 0.25) is 5.02 Å². The van der Waals surface area contributed by atoms with Gasteiger partial charge in [-0.1, -0.05) is 37.6 Å². The molecule has 1 aromatic heterocycles. The molecule has 0 spiro atoms. The number of halogens is 1. The molecule has 0 bridgehead atoms. The molecule has 1 amide bonds. The van der Waals surface area contributed by atoms with Crippen molar-refractivity contribution in [1.29, 1.82) is 0 Å². The number of carbonyl (C=O) groups is 1. The van der Waals surface area contributed by atoms with Gasteiger partial charge in [0.25, 0.3) is 5.91 Å². The molecule has 0 radical (unpaired) electrons. The lowest BCUT2D eigenvalue weighted by molar-refractivity contribution is 0.0953. The van der Waals surface area contributed by atoms with Gasteiger partial charge in [0.1, 0.15) is 0 Å². The van der Waals surface area contributed by atoms with Gasteiger partial charge in [0, 0.05) is 18.1 Å². The Bertz CT molecular complexity index is 1220. The molecular formula is C23H27ClN4O3S. The molecule has 0 saturated carbocycles. The Balaban J connectivity index is 1.68. The van der Waals surface area contributed by atoms with Crippen LogP contribution in [0.4, 0.5) is 0 Å². The minimum Gasteiger partial charge on any atom is -0.351 e. The van der Waals surface area contributed by atoms with E-state index in [4.69, 9.17) is 11.6 Å². The van der Waals surface area contributed by atoms with Crippen LogP contribution in [-0.2, 0) is 10.0 Å². The molecule has 32 heavy (non-hydrogen) atoms. The van der Waals surface area contributed by atoms with Gasteiger partial charge in [0.15, 0.2) is 0 Å². The standard InChI is InChI=1S/C23H27ClN4O3S/c1-15(2)22-20(14-26-28(22)19-9-7-18(24)8-10-19)23(29)25-11-12-27-32(30,31)21-13-16(3)5-6-17(21)4/h5-10,13-15,27H,11-12H2,1-4H3,(H,25,29). The summed E-state index contributed by atoms with van der Waals surface area (Å²) >= 11 is 5.97. The van der Waals surface area contributed by atoms with E-state index in [9.17, 15) is 13.2 Å². The largest absolute Gasteiger partial charge is 0.351 e. The highest BCUT2D eigenvalue weighted by Crippen LogP contribution is 2.24. The number of sulfonamides is 1. The number of carbonyl (C=O) groups excluding carboxylic acids is 1. The number of aryl methyl sites for hydroxylation is 2. The van der Waals surface area contributed by atoms with E-state index in [-0.39, 0.29) is 29.8 Å². The van der Waals surface area contributed by atoms with Gasteiger partial charge in [-0.05, 0) is 61.2 Å². The average molecular weight is 475 g/mol. The fraction of sp³-hybridized carbons (Fsp3) is 0.304. The highest BCUT2D eigenvalue weighted by atomic mass is 35.5. The third kappa shape index (κ3) is 5.38. The molecule has 0 saturated heterocycles. The quantitative estimate of drug-likeness (QED) is 0.483. The Hall–Kier alpha value is -2.68. The number of nitrogens with zero attached hydrogens (tertiary/aromatic N) is 2. The third-order valence-corrected chi connectivity index (χ3v) is 6.86. The van der Waals surface area contributed by atoms with E-state index >= 15 is 0 Å². The Labute approximate surface area is 193 Å². The molecular weight excluding hydrogens is 448 g/mol. The van der Waals surface area contributed by atoms with E-state index in [0.717, 1.165) is 16.9 Å². The summed E-state index contributed by atoms with van der Waals surface area (Å²) in [5.74, 6) is -0.267. The van der Waals surface area contributed by atoms with Crippen molar-refractivity contribution < 1.29 is 13.2 Å². The van der Waals surface area contributed by atoms with Crippen molar-refractivity contribution in [3.05, 3.63) is 76.1 Å². The Morgan fingerprint density at radius 1 is 1.09 bits per heavy atom. The number of aromatic nitrogens is 2. The number of benzene rings is 2. The van der Waals surface area contributed by atoms with Gasteiger partial charge < -0.3 is 5.32 Å². The molecule has 2 N–H and O–H groups in total. The first-order valence-electron chi connectivity index (χ1n) is 10.3. The topological polar surface area (TPSA) is 93.1 Å². The number of nitrogens with one attached hydrogen (secondary N) is 2. The molecule has 7 nitrogen and oxygen atoms in total. The molecule has 0 aliphatic rings. The molecule has 0 aliphatic heterocycles. The van der Waals surface area contributed by atoms with Gasteiger partial charge in [-0.15, -0.1) is 0 Å². The van der Waals surface area contributed by atoms with Crippen LogP contribution in [0.3, 0.4) is 0 Å². The average Bonchev–Trinajstić information content (AvgIpc) is 3.19. The van der Waals surface area contributed by atoms with E-state index in [1.165, 1.54) is 6.20 Å². The fourth-order valence-electron chi connectivity index (χ4n) is 3.41. The SMILES string of the molecule is Cc1ccc(C)c(S(=O)(=O)NCCNC(=O)c2cnn(-c3ccc(Cl)cc3)c2C(C)C)c1. The highest BCUT2D eigenvalue weighted by molar-refractivity contribution is 7.89. The van der Waals surface area contributed by atoms with Crippen LogP contribution in [0.5, 0.6) is 0 Å². The predicted molar refractivity (Wildman–Crippen MR) is 126 cm³/mol. The summed E-state index contributed by atoms with van der Waals surface area (Å²) in [6.45, 7) is 7.78. The number of hydrogen-bond acceptors (Lipinski definition) is 4. The fourth-order valence-corrected chi connectivity index (χ4v) is 4.89. The van der Waals surface area contributed by atoms with Crippen molar-refractivity contribution in [1.82, 2.24) is 19.8 Å². The van der Waals surface area contributed by atoms with Crippen molar-refractivity contribution in [3.63, 3.8) is 0 Å². The molecule has 0 aliphatic carbocycles. The van der Waals surface area contributed by atoms with Crippen LogP contribution in [0, 0.1) is 13.8 Å². The number of amides is 1. The van der Waals surface area contributed by atoms with Crippen LogP contribution in [0.1, 0.15) is 46.9 Å². The molecule has 9 heteroatoms. The number of hydrogen-bond donors (Lipinski definition) is 2. The maximum atomic E-state index is 12.8. The summed E-state index contributed by atoms with van der Waals surface area (Å²) in [6, 6.07) is 12.5. The third-order valence-electron chi connectivity index (χ3n) is 5.00. The first-order chi connectivity index (χ1) is 15.1. The smallest absolute Gasteiger partial charge is 0.254 e. The molecule has 170 valence electrons. The second-order valence-corrected chi connectivity index (χ2v) is 10.1. The minimum absolute atomic E-state index is 0.0386. The first kappa shape index (κ1) is 24.0. The van der Waals surface area contributed by atoms with E-state index in [0.29, 0.717) is 16.1 Å². The zero-order valence-corrected chi connectivity index (χ0v) is 20.1.